The molecular weight excluding hydrogens is 246 g/mol. The van der Waals surface area contributed by atoms with E-state index in [9.17, 15) is 5.11 Å². The van der Waals surface area contributed by atoms with Crippen LogP contribution in [0, 0.1) is 12.8 Å². The summed E-state index contributed by atoms with van der Waals surface area (Å²) >= 11 is 6.00. The van der Waals surface area contributed by atoms with Gasteiger partial charge in [-0.3, -0.25) is 0 Å². The van der Waals surface area contributed by atoms with E-state index in [1.807, 2.05) is 13.0 Å². The molecule has 100 valence electrons. The summed E-state index contributed by atoms with van der Waals surface area (Å²) in [4.78, 5) is 0. The van der Waals surface area contributed by atoms with E-state index in [0.717, 1.165) is 42.9 Å². The van der Waals surface area contributed by atoms with Gasteiger partial charge >= 0.3 is 0 Å². The second-order valence-electron chi connectivity index (χ2n) is 5.40. The lowest BCUT2D eigenvalue weighted by molar-refractivity contribution is 0.101. The highest BCUT2D eigenvalue weighted by atomic mass is 35.5. The minimum Gasteiger partial charge on any atom is -0.393 e. The first kappa shape index (κ1) is 13.9. The minimum absolute atomic E-state index is 0.0803. The molecule has 0 saturated heterocycles. The molecule has 2 nitrogen and oxygen atoms in total. The van der Waals surface area contributed by atoms with Crippen molar-refractivity contribution in [2.75, 3.05) is 6.54 Å². The number of nitrogens with one attached hydrogen (secondary N) is 1. The van der Waals surface area contributed by atoms with Gasteiger partial charge in [0, 0.05) is 11.6 Å². The van der Waals surface area contributed by atoms with Gasteiger partial charge in [0.25, 0.3) is 0 Å². The number of halogens is 1. The lowest BCUT2D eigenvalue weighted by Gasteiger charge is -2.26. The van der Waals surface area contributed by atoms with Crippen LogP contribution in [0.25, 0.3) is 0 Å². The number of benzene rings is 1. The van der Waals surface area contributed by atoms with Crippen LogP contribution in [0.4, 0.5) is 0 Å². The molecule has 1 aliphatic rings. The number of hydrogen-bond acceptors (Lipinski definition) is 2. The van der Waals surface area contributed by atoms with E-state index >= 15 is 0 Å². The van der Waals surface area contributed by atoms with Crippen LogP contribution >= 0.6 is 11.6 Å². The standard InChI is InChI=1S/C15H22ClNO/c1-11-7-13(5-6-15(11)16)10-17-9-12-3-2-4-14(18)8-12/h5-7,12,14,17-18H,2-4,8-10H2,1H3. The predicted molar refractivity (Wildman–Crippen MR) is 75.9 cm³/mol. The van der Waals surface area contributed by atoms with Gasteiger partial charge in [-0.2, -0.15) is 0 Å². The highest BCUT2D eigenvalue weighted by molar-refractivity contribution is 6.31. The SMILES string of the molecule is Cc1cc(CNCC2CCCC(O)C2)ccc1Cl. The molecule has 0 aromatic heterocycles. The van der Waals surface area contributed by atoms with Crippen molar-refractivity contribution < 1.29 is 5.11 Å². The number of aliphatic hydroxyl groups is 1. The molecule has 0 radical (unpaired) electrons. The Morgan fingerprint density at radius 1 is 1.39 bits per heavy atom. The second-order valence-corrected chi connectivity index (χ2v) is 5.81. The molecular formula is C15H22ClNO. The highest BCUT2D eigenvalue weighted by Crippen LogP contribution is 2.23. The van der Waals surface area contributed by atoms with E-state index in [1.54, 1.807) is 0 Å². The van der Waals surface area contributed by atoms with Crippen molar-refractivity contribution in [3.8, 4) is 0 Å². The summed E-state index contributed by atoms with van der Waals surface area (Å²) in [5, 5.41) is 13.9. The molecule has 2 unspecified atom stereocenters. The second kappa shape index (κ2) is 6.55. The van der Waals surface area contributed by atoms with Crippen LogP contribution in [0.3, 0.4) is 0 Å². The molecule has 0 amide bonds. The van der Waals surface area contributed by atoms with Crippen LogP contribution in [-0.4, -0.2) is 17.8 Å². The fourth-order valence-electron chi connectivity index (χ4n) is 2.69. The average Bonchev–Trinajstić information content (AvgIpc) is 2.34. The fourth-order valence-corrected chi connectivity index (χ4v) is 2.80. The summed E-state index contributed by atoms with van der Waals surface area (Å²) in [7, 11) is 0. The normalized spacial score (nSPS) is 24.2. The molecule has 1 aliphatic carbocycles. The fraction of sp³-hybridized carbons (Fsp3) is 0.600. The molecule has 18 heavy (non-hydrogen) atoms. The molecule has 3 heteroatoms. The summed E-state index contributed by atoms with van der Waals surface area (Å²) in [6, 6.07) is 6.15. The summed E-state index contributed by atoms with van der Waals surface area (Å²) in [6.07, 6.45) is 4.25. The highest BCUT2D eigenvalue weighted by Gasteiger charge is 2.19. The zero-order valence-electron chi connectivity index (χ0n) is 11.0. The lowest BCUT2D eigenvalue weighted by Crippen LogP contribution is -2.28. The largest absolute Gasteiger partial charge is 0.393 e. The molecule has 1 aromatic carbocycles. The predicted octanol–water partition coefficient (Wildman–Crippen LogP) is 3.29. The van der Waals surface area contributed by atoms with E-state index < -0.39 is 0 Å². The van der Waals surface area contributed by atoms with Crippen LogP contribution in [0.1, 0.15) is 36.8 Å². The van der Waals surface area contributed by atoms with Crippen LogP contribution in [0.15, 0.2) is 18.2 Å². The molecule has 2 rings (SSSR count). The zero-order chi connectivity index (χ0) is 13.0. The molecule has 0 heterocycles. The van der Waals surface area contributed by atoms with E-state index in [1.165, 1.54) is 12.0 Å². The Labute approximate surface area is 114 Å². The topological polar surface area (TPSA) is 32.3 Å². The lowest BCUT2D eigenvalue weighted by atomic mass is 9.87. The number of aliphatic hydroxyl groups excluding tert-OH is 1. The third kappa shape index (κ3) is 3.98. The molecule has 0 spiro atoms. The average molecular weight is 268 g/mol. The van der Waals surface area contributed by atoms with Gasteiger partial charge in [-0.05, 0) is 55.8 Å². The van der Waals surface area contributed by atoms with Crippen molar-refractivity contribution in [1.82, 2.24) is 5.32 Å². The van der Waals surface area contributed by atoms with Gasteiger partial charge in [0.15, 0.2) is 0 Å². The molecule has 2 atom stereocenters. The van der Waals surface area contributed by atoms with Gasteiger partial charge < -0.3 is 10.4 Å². The molecule has 1 fully saturated rings. The Kier molecular flexibility index (Phi) is 5.04. The quantitative estimate of drug-likeness (QED) is 0.877. The van der Waals surface area contributed by atoms with Crippen molar-refractivity contribution >= 4 is 11.6 Å². The van der Waals surface area contributed by atoms with Crippen molar-refractivity contribution in [2.45, 2.75) is 45.3 Å². The van der Waals surface area contributed by atoms with Crippen LogP contribution in [0.5, 0.6) is 0 Å². The third-order valence-corrected chi connectivity index (χ3v) is 4.16. The Bertz CT molecular complexity index is 394. The Hall–Kier alpha value is -0.570. The van der Waals surface area contributed by atoms with Gasteiger partial charge in [0.05, 0.1) is 6.10 Å². The van der Waals surface area contributed by atoms with Crippen LogP contribution in [0.2, 0.25) is 5.02 Å². The van der Waals surface area contributed by atoms with Crippen LogP contribution < -0.4 is 5.32 Å². The van der Waals surface area contributed by atoms with E-state index in [-0.39, 0.29) is 6.10 Å². The van der Waals surface area contributed by atoms with Gasteiger partial charge in [-0.25, -0.2) is 0 Å². The van der Waals surface area contributed by atoms with Gasteiger partial charge in [0.2, 0.25) is 0 Å². The van der Waals surface area contributed by atoms with E-state index in [0.29, 0.717) is 5.92 Å². The summed E-state index contributed by atoms with van der Waals surface area (Å²) in [6.45, 7) is 3.91. The van der Waals surface area contributed by atoms with E-state index in [4.69, 9.17) is 11.6 Å². The zero-order valence-corrected chi connectivity index (χ0v) is 11.7. The van der Waals surface area contributed by atoms with Crippen molar-refractivity contribution in [1.29, 1.82) is 0 Å². The van der Waals surface area contributed by atoms with Gasteiger partial charge in [-0.1, -0.05) is 30.2 Å². The summed E-state index contributed by atoms with van der Waals surface area (Å²) in [5.74, 6) is 0.627. The number of hydrogen-bond donors (Lipinski definition) is 2. The molecule has 1 aromatic rings. The number of rotatable bonds is 4. The van der Waals surface area contributed by atoms with Crippen LogP contribution in [-0.2, 0) is 6.54 Å². The Morgan fingerprint density at radius 3 is 2.94 bits per heavy atom. The Balaban J connectivity index is 1.76. The first-order valence-corrected chi connectivity index (χ1v) is 7.17. The smallest absolute Gasteiger partial charge is 0.0543 e. The van der Waals surface area contributed by atoms with E-state index in [2.05, 4.69) is 17.4 Å². The molecule has 1 saturated carbocycles. The third-order valence-electron chi connectivity index (χ3n) is 3.74. The first-order valence-electron chi connectivity index (χ1n) is 6.79. The van der Waals surface area contributed by atoms with Crippen molar-refractivity contribution in [3.05, 3.63) is 34.3 Å². The Morgan fingerprint density at radius 2 is 2.22 bits per heavy atom. The van der Waals surface area contributed by atoms with Gasteiger partial charge in [0.1, 0.15) is 0 Å². The number of aryl methyl sites for hydroxylation is 1. The molecule has 0 bridgehead atoms. The molecule has 0 aliphatic heterocycles. The van der Waals surface area contributed by atoms with Crippen molar-refractivity contribution in [3.63, 3.8) is 0 Å². The monoisotopic (exact) mass is 267 g/mol. The maximum Gasteiger partial charge on any atom is 0.0543 e. The van der Waals surface area contributed by atoms with Crippen molar-refractivity contribution in [2.24, 2.45) is 5.92 Å². The maximum atomic E-state index is 9.62. The summed E-state index contributed by atoms with van der Waals surface area (Å²) in [5.41, 5.74) is 2.40. The minimum atomic E-state index is -0.0803. The maximum absolute atomic E-state index is 9.62. The summed E-state index contributed by atoms with van der Waals surface area (Å²) < 4.78 is 0. The first-order chi connectivity index (χ1) is 8.65. The molecule has 2 N–H and O–H groups in total. The van der Waals surface area contributed by atoms with Gasteiger partial charge in [-0.15, -0.1) is 0 Å².